The Balaban J connectivity index is 0.00000242. The molecule has 0 unspecified atom stereocenters. The van der Waals surface area contributed by atoms with E-state index in [4.69, 9.17) is 11.6 Å². The van der Waals surface area contributed by atoms with E-state index in [2.05, 4.69) is 15.2 Å². The van der Waals surface area contributed by atoms with Crippen molar-refractivity contribution in [1.29, 1.82) is 0 Å². The summed E-state index contributed by atoms with van der Waals surface area (Å²) >= 11 is 6.06. The van der Waals surface area contributed by atoms with Crippen LogP contribution in [0.3, 0.4) is 0 Å². The summed E-state index contributed by atoms with van der Waals surface area (Å²) in [7, 11) is 3.60. The molecule has 0 saturated carbocycles. The molecule has 0 atom stereocenters. The number of nitrogens with one attached hydrogen (secondary N) is 1. The molecule has 1 aromatic carbocycles. The molecule has 4 nitrogen and oxygen atoms in total. The predicted octanol–water partition coefficient (Wildman–Crippen LogP) is 2.81. The fourth-order valence-corrected chi connectivity index (χ4v) is 2.53. The van der Waals surface area contributed by atoms with Gasteiger partial charge < -0.3 is 15.1 Å². The molecule has 2 rings (SSSR count). The van der Waals surface area contributed by atoms with Gasteiger partial charge >= 0.3 is 0 Å². The van der Waals surface area contributed by atoms with Crippen LogP contribution in [-0.4, -0.2) is 56.0 Å². The number of benzene rings is 1. The Hall–Kier alpha value is -0.600. The van der Waals surface area contributed by atoms with Crippen molar-refractivity contribution >= 4 is 41.5 Å². The average molecular weight is 441 g/mol. The highest BCUT2D eigenvalue weighted by atomic mass is 127. The molecule has 124 valence electrons. The highest BCUT2D eigenvalue weighted by molar-refractivity contribution is 14.0. The number of halogens is 3. The van der Waals surface area contributed by atoms with Crippen LogP contribution < -0.4 is 5.32 Å². The number of hydrogen-bond acceptors (Lipinski definition) is 2. The highest BCUT2D eigenvalue weighted by Gasteiger charge is 2.15. The van der Waals surface area contributed by atoms with Crippen LogP contribution in [-0.2, 0) is 6.54 Å². The molecule has 1 saturated heterocycles. The van der Waals surface area contributed by atoms with E-state index in [0.29, 0.717) is 17.1 Å². The van der Waals surface area contributed by atoms with Gasteiger partial charge in [-0.1, -0.05) is 17.7 Å². The van der Waals surface area contributed by atoms with E-state index in [1.807, 2.05) is 11.9 Å². The monoisotopic (exact) mass is 440 g/mol. The number of hydrogen-bond donors (Lipinski definition) is 1. The van der Waals surface area contributed by atoms with Gasteiger partial charge in [-0.2, -0.15) is 0 Å². The fourth-order valence-electron chi connectivity index (χ4n) is 2.31. The molecule has 0 radical (unpaired) electrons. The van der Waals surface area contributed by atoms with Crippen LogP contribution in [0.4, 0.5) is 4.39 Å². The summed E-state index contributed by atoms with van der Waals surface area (Å²) in [6.07, 6.45) is 1.29. The molecule has 0 bridgehead atoms. The van der Waals surface area contributed by atoms with E-state index in [1.54, 1.807) is 19.2 Å². The average Bonchev–Trinajstić information content (AvgIpc) is 2.41. The van der Waals surface area contributed by atoms with Crippen molar-refractivity contribution in [2.24, 2.45) is 4.99 Å². The molecular weight excluding hydrogens is 418 g/mol. The first-order chi connectivity index (χ1) is 10.1. The zero-order valence-electron chi connectivity index (χ0n) is 13.0. The number of aliphatic imine (C=N–C) groups is 1. The van der Waals surface area contributed by atoms with Crippen LogP contribution in [0.1, 0.15) is 12.0 Å². The van der Waals surface area contributed by atoms with Crippen LogP contribution >= 0.6 is 35.6 Å². The molecule has 22 heavy (non-hydrogen) atoms. The lowest BCUT2D eigenvalue weighted by Crippen LogP contribution is -2.45. The highest BCUT2D eigenvalue weighted by Crippen LogP contribution is 2.20. The summed E-state index contributed by atoms with van der Waals surface area (Å²) in [6, 6.07) is 4.74. The third kappa shape index (κ3) is 5.24. The molecule has 0 amide bonds. The van der Waals surface area contributed by atoms with Crippen molar-refractivity contribution < 1.29 is 4.39 Å². The Morgan fingerprint density at radius 2 is 2.18 bits per heavy atom. The van der Waals surface area contributed by atoms with Gasteiger partial charge in [0, 0.05) is 44.3 Å². The lowest BCUT2D eigenvalue weighted by atomic mass is 10.2. The molecule has 1 fully saturated rings. The van der Waals surface area contributed by atoms with Crippen molar-refractivity contribution in [3.63, 3.8) is 0 Å². The van der Waals surface area contributed by atoms with E-state index < -0.39 is 0 Å². The summed E-state index contributed by atoms with van der Waals surface area (Å²) < 4.78 is 13.8. The maximum atomic E-state index is 13.8. The van der Waals surface area contributed by atoms with Crippen LogP contribution in [0.5, 0.6) is 0 Å². The smallest absolute Gasteiger partial charge is 0.193 e. The fraction of sp³-hybridized carbons (Fsp3) is 0.533. The lowest BCUT2D eigenvalue weighted by molar-refractivity contribution is 0.184. The quantitative estimate of drug-likeness (QED) is 0.434. The Morgan fingerprint density at radius 3 is 2.73 bits per heavy atom. The summed E-state index contributed by atoms with van der Waals surface area (Å²) in [5, 5.41) is 3.74. The van der Waals surface area contributed by atoms with Crippen molar-refractivity contribution in [3.8, 4) is 0 Å². The van der Waals surface area contributed by atoms with Gasteiger partial charge in [0.1, 0.15) is 5.82 Å². The Morgan fingerprint density at radius 1 is 1.45 bits per heavy atom. The summed E-state index contributed by atoms with van der Waals surface area (Å²) in [6.45, 7) is 4.59. The van der Waals surface area contributed by atoms with Crippen molar-refractivity contribution in [2.75, 3.05) is 40.3 Å². The van der Waals surface area contributed by atoms with E-state index in [9.17, 15) is 4.39 Å². The van der Waals surface area contributed by atoms with Gasteiger partial charge in [0.15, 0.2) is 5.96 Å². The first-order valence-corrected chi connectivity index (χ1v) is 7.56. The second-order valence-corrected chi connectivity index (χ2v) is 5.63. The largest absolute Gasteiger partial charge is 0.355 e. The molecular formula is C15H23ClFIN4. The van der Waals surface area contributed by atoms with E-state index in [-0.39, 0.29) is 29.8 Å². The van der Waals surface area contributed by atoms with Gasteiger partial charge in [0.25, 0.3) is 0 Å². The van der Waals surface area contributed by atoms with Gasteiger partial charge in [-0.25, -0.2) is 4.39 Å². The van der Waals surface area contributed by atoms with Gasteiger partial charge in [0.05, 0.1) is 0 Å². The Bertz CT molecular complexity index is 488. The predicted molar refractivity (Wildman–Crippen MR) is 101 cm³/mol. The number of nitrogens with zero attached hydrogens (tertiary/aromatic N) is 3. The Kier molecular flexibility index (Phi) is 8.41. The van der Waals surface area contributed by atoms with E-state index >= 15 is 0 Å². The zero-order chi connectivity index (χ0) is 15.2. The van der Waals surface area contributed by atoms with Crippen molar-refractivity contribution in [2.45, 2.75) is 13.0 Å². The second-order valence-electron chi connectivity index (χ2n) is 5.23. The molecule has 0 spiro atoms. The molecule has 0 aliphatic carbocycles. The third-order valence-corrected chi connectivity index (χ3v) is 4.04. The SMILES string of the molecule is CN=C(NCCN1CCC1)N(C)Cc1c(F)cccc1Cl.I. The second kappa shape index (κ2) is 9.52. The number of likely N-dealkylation sites (tertiary alicyclic amines) is 1. The summed E-state index contributed by atoms with van der Waals surface area (Å²) in [5.41, 5.74) is 0.493. The van der Waals surface area contributed by atoms with Crippen LogP contribution in [0, 0.1) is 5.82 Å². The lowest BCUT2D eigenvalue weighted by Gasteiger charge is -2.31. The third-order valence-electron chi connectivity index (χ3n) is 3.69. The topological polar surface area (TPSA) is 30.9 Å². The normalized spacial score (nSPS) is 15.0. The minimum absolute atomic E-state index is 0. The zero-order valence-corrected chi connectivity index (χ0v) is 16.1. The summed E-state index contributed by atoms with van der Waals surface area (Å²) in [4.78, 5) is 8.49. The van der Waals surface area contributed by atoms with E-state index in [1.165, 1.54) is 25.6 Å². The van der Waals surface area contributed by atoms with Gasteiger partial charge in [-0.15, -0.1) is 24.0 Å². The van der Waals surface area contributed by atoms with Crippen molar-refractivity contribution in [1.82, 2.24) is 15.1 Å². The molecule has 1 aliphatic rings. The van der Waals surface area contributed by atoms with Gasteiger partial charge in [-0.05, 0) is 31.6 Å². The molecule has 1 aliphatic heterocycles. The first kappa shape index (κ1) is 19.4. The maximum absolute atomic E-state index is 13.8. The van der Waals surface area contributed by atoms with Crippen molar-refractivity contribution in [3.05, 3.63) is 34.6 Å². The standard InChI is InChI=1S/C15H22ClFN4.HI/c1-18-15(19-7-10-21-8-4-9-21)20(2)11-12-13(16)5-3-6-14(12)17;/h3,5-6H,4,7-11H2,1-2H3,(H,18,19);1H. The molecule has 1 aromatic rings. The van der Waals surface area contributed by atoms with E-state index in [0.717, 1.165) is 19.0 Å². The molecule has 1 heterocycles. The minimum Gasteiger partial charge on any atom is -0.355 e. The Labute approximate surface area is 153 Å². The van der Waals surface area contributed by atoms with Crippen LogP contribution in [0.2, 0.25) is 5.02 Å². The molecule has 0 aromatic heterocycles. The molecule has 1 N–H and O–H groups in total. The minimum atomic E-state index is -0.287. The van der Waals surface area contributed by atoms with Gasteiger partial charge in [0.2, 0.25) is 0 Å². The maximum Gasteiger partial charge on any atom is 0.193 e. The summed E-state index contributed by atoms with van der Waals surface area (Å²) in [5.74, 6) is 0.459. The van der Waals surface area contributed by atoms with Crippen LogP contribution in [0.15, 0.2) is 23.2 Å². The number of rotatable bonds is 5. The molecule has 7 heteroatoms. The van der Waals surface area contributed by atoms with Crippen LogP contribution in [0.25, 0.3) is 0 Å². The van der Waals surface area contributed by atoms with Gasteiger partial charge in [-0.3, -0.25) is 4.99 Å². The first-order valence-electron chi connectivity index (χ1n) is 7.19. The number of guanidine groups is 1.